The Labute approximate surface area is 213 Å². The lowest BCUT2D eigenvalue weighted by Crippen LogP contribution is -2.41. The van der Waals surface area contributed by atoms with E-state index < -0.39 is 30.2 Å². The van der Waals surface area contributed by atoms with Crippen molar-refractivity contribution in [2.45, 2.75) is 78.1 Å². The molecule has 0 unspecified atom stereocenters. The van der Waals surface area contributed by atoms with Crippen molar-refractivity contribution in [3.63, 3.8) is 0 Å². The highest BCUT2D eigenvalue weighted by molar-refractivity contribution is 6.61. The number of aromatic nitrogens is 4. The Morgan fingerprint density at radius 3 is 2.32 bits per heavy atom. The molecule has 0 saturated carbocycles. The van der Waals surface area contributed by atoms with Gasteiger partial charge in [0, 0.05) is 30.8 Å². The third-order valence-corrected chi connectivity index (χ3v) is 7.35. The van der Waals surface area contributed by atoms with Crippen LogP contribution in [0, 0.1) is 0 Å². The van der Waals surface area contributed by atoms with Gasteiger partial charge in [0.25, 0.3) is 0 Å². The van der Waals surface area contributed by atoms with Crippen LogP contribution in [0.15, 0.2) is 36.5 Å². The third-order valence-electron chi connectivity index (χ3n) is 7.35. The molecule has 1 amide bonds. The average molecular weight is 515 g/mol. The molecule has 1 aromatic carbocycles. The lowest BCUT2D eigenvalue weighted by molar-refractivity contribution is -0.140. The second-order valence-corrected chi connectivity index (χ2v) is 10.4. The summed E-state index contributed by atoms with van der Waals surface area (Å²) < 4.78 is 55.0. The zero-order valence-electron chi connectivity index (χ0n) is 21.5. The molecular weight excluding hydrogens is 486 g/mol. The van der Waals surface area contributed by atoms with E-state index in [1.54, 1.807) is 40.8 Å². The van der Waals surface area contributed by atoms with E-state index in [4.69, 9.17) is 9.31 Å². The van der Waals surface area contributed by atoms with Gasteiger partial charge in [-0.15, -0.1) is 0 Å². The fourth-order valence-corrected chi connectivity index (χ4v) is 4.49. The number of amides is 1. The lowest BCUT2D eigenvalue weighted by atomic mass is 9.85. The molecule has 12 heteroatoms. The highest BCUT2D eigenvalue weighted by atomic mass is 19.4. The second-order valence-electron chi connectivity index (χ2n) is 10.4. The molecule has 0 atom stereocenters. The molecule has 0 N–H and O–H groups in total. The van der Waals surface area contributed by atoms with Crippen molar-refractivity contribution >= 4 is 24.4 Å². The van der Waals surface area contributed by atoms with Crippen molar-refractivity contribution in [1.82, 2.24) is 19.3 Å². The number of halogens is 3. The molecule has 37 heavy (non-hydrogen) atoms. The van der Waals surface area contributed by atoms with Crippen LogP contribution in [0.25, 0.3) is 11.4 Å². The molecular formula is C25H29BF3N5O3. The van der Waals surface area contributed by atoms with Gasteiger partial charge in [-0.2, -0.15) is 18.3 Å². The molecule has 0 spiro atoms. The van der Waals surface area contributed by atoms with Gasteiger partial charge in [0.2, 0.25) is 5.91 Å². The topological polar surface area (TPSA) is 74.4 Å². The normalized spacial score (nSPS) is 19.0. The van der Waals surface area contributed by atoms with Gasteiger partial charge in [0.1, 0.15) is 11.6 Å². The number of anilines is 1. The molecule has 0 radical (unpaired) electrons. The summed E-state index contributed by atoms with van der Waals surface area (Å²) in [5.41, 5.74) is 0.0708. The molecule has 1 fully saturated rings. The number of hydrogen-bond acceptors (Lipinski definition) is 5. The Morgan fingerprint density at radius 2 is 1.73 bits per heavy atom. The van der Waals surface area contributed by atoms with Gasteiger partial charge < -0.3 is 13.9 Å². The SMILES string of the molecule is CCn1cc(C(F)(F)F)nc1-c1ccc(CN2C(=O)CCn3nc(B4OC(C)(C)C(C)(C)O4)cc32)cc1. The third kappa shape index (κ3) is 4.57. The van der Waals surface area contributed by atoms with E-state index >= 15 is 0 Å². The second kappa shape index (κ2) is 8.73. The number of carbonyl (C=O) groups excluding carboxylic acids is 1. The number of benzene rings is 1. The van der Waals surface area contributed by atoms with Gasteiger partial charge in [-0.05, 0) is 40.2 Å². The molecule has 4 heterocycles. The Balaban J connectivity index is 1.38. The van der Waals surface area contributed by atoms with E-state index in [-0.39, 0.29) is 11.7 Å². The van der Waals surface area contributed by atoms with Crippen molar-refractivity contribution in [3.05, 3.63) is 47.8 Å². The minimum atomic E-state index is -4.51. The van der Waals surface area contributed by atoms with Gasteiger partial charge in [0.05, 0.1) is 29.9 Å². The van der Waals surface area contributed by atoms with Crippen molar-refractivity contribution < 1.29 is 27.3 Å². The predicted molar refractivity (Wildman–Crippen MR) is 132 cm³/mol. The zero-order valence-corrected chi connectivity index (χ0v) is 21.5. The molecule has 196 valence electrons. The maximum atomic E-state index is 13.2. The molecule has 0 aliphatic carbocycles. The highest BCUT2D eigenvalue weighted by Crippen LogP contribution is 2.37. The Bertz CT molecular complexity index is 1310. The Hall–Kier alpha value is -3.12. The molecule has 8 nitrogen and oxygen atoms in total. The van der Waals surface area contributed by atoms with Gasteiger partial charge >= 0.3 is 13.3 Å². The number of nitrogens with zero attached hydrogens (tertiary/aromatic N) is 5. The van der Waals surface area contributed by atoms with Crippen LogP contribution in [-0.2, 0) is 39.9 Å². The first-order chi connectivity index (χ1) is 17.3. The van der Waals surface area contributed by atoms with E-state index in [0.717, 1.165) is 11.8 Å². The van der Waals surface area contributed by atoms with Crippen molar-refractivity contribution in [3.8, 4) is 11.4 Å². The minimum absolute atomic E-state index is 0.0340. The van der Waals surface area contributed by atoms with E-state index in [0.29, 0.717) is 43.0 Å². The van der Waals surface area contributed by atoms with Crippen molar-refractivity contribution in [2.75, 3.05) is 4.90 Å². The number of alkyl halides is 3. The highest BCUT2D eigenvalue weighted by Gasteiger charge is 2.53. The quantitative estimate of drug-likeness (QED) is 0.480. The van der Waals surface area contributed by atoms with Gasteiger partial charge in [0.15, 0.2) is 5.69 Å². The summed E-state index contributed by atoms with van der Waals surface area (Å²) in [7, 11) is -0.636. The molecule has 3 aromatic rings. The number of imidazole rings is 1. The van der Waals surface area contributed by atoms with Gasteiger partial charge in [-0.3, -0.25) is 9.69 Å². The number of rotatable bonds is 5. The first-order valence-electron chi connectivity index (χ1n) is 12.3. The van der Waals surface area contributed by atoms with Crippen LogP contribution in [0.4, 0.5) is 19.0 Å². The Morgan fingerprint density at radius 1 is 1.08 bits per heavy atom. The van der Waals surface area contributed by atoms with Crippen molar-refractivity contribution in [1.29, 1.82) is 0 Å². The smallest absolute Gasteiger partial charge is 0.398 e. The number of hydrogen-bond donors (Lipinski definition) is 0. The van der Waals surface area contributed by atoms with Crippen molar-refractivity contribution in [2.24, 2.45) is 0 Å². The van der Waals surface area contributed by atoms with Crippen LogP contribution in [0.1, 0.15) is 52.3 Å². The first-order valence-corrected chi connectivity index (χ1v) is 12.3. The summed E-state index contributed by atoms with van der Waals surface area (Å²) in [6.45, 7) is 10.8. The van der Waals surface area contributed by atoms with Gasteiger partial charge in [-0.1, -0.05) is 24.3 Å². The van der Waals surface area contributed by atoms with Gasteiger partial charge in [-0.25, -0.2) is 9.67 Å². The standard InChI is InChI=1S/C25H29BF3N5O3/c1-6-32-15-18(25(27,28)29)30-22(32)17-9-7-16(8-10-17)14-33-20-13-19(31-34(20)12-11-21(33)35)26-36-23(2,3)24(4,5)37-26/h7-10,13,15H,6,11-12,14H2,1-5H3. The maximum absolute atomic E-state index is 13.2. The molecule has 5 rings (SSSR count). The lowest BCUT2D eigenvalue weighted by Gasteiger charge is -2.32. The average Bonchev–Trinajstić information content (AvgIpc) is 3.50. The van der Waals surface area contributed by atoms with Crippen LogP contribution in [0.5, 0.6) is 0 Å². The molecule has 0 bridgehead atoms. The summed E-state index contributed by atoms with van der Waals surface area (Å²) in [5, 5.41) is 4.66. The van der Waals surface area contributed by atoms with Crippen LogP contribution in [0.3, 0.4) is 0 Å². The van der Waals surface area contributed by atoms with Crippen LogP contribution in [-0.4, -0.2) is 43.6 Å². The van der Waals surface area contributed by atoms with Crippen LogP contribution in [0.2, 0.25) is 0 Å². The summed E-state index contributed by atoms with van der Waals surface area (Å²) in [4.78, 5) is 18.3. The molecule has 2 aromatic heterocycles. The van der Waals surface area contributed by atoms with E-state index in [1.165, 1.54) is 4.57 Å². The van der Waals surface area contributed by atoms with E-state index in [9.17, 15) is 18.0 Å². The first kappa shape index (κ1) is 25.5. The van der Waals surface area contributed by atoms with Crippen LogP contribution >= 0.6 is 0 Å². The number of fused-ring (bicyclic) bond motifs is 1. The zero-order chi connectivity index (χ0) is 26.8. The minimum Gasteiger partial charge on any atom is -0.398 e. The van der Waals surface area contributed by atoms with E-state index in [1.807, 2.05) is 33.8 Å². The number of aryl methyl sites for hydroxylation is 2. The Kier molecular flexibility index (Phi) is 6.02. The predicted octanol–water partition coefficient (Wildman–Crippen LogP) is 4.02. The molecule has 1 saturated heterocycles. The monoisotopic (exact) mass is 515 g/mol. The largest absolute Gasteiger partial charge is 0.516 e. The maximum Gasteiger partial charge on any atom is 0.516 e. The summed E-state index contributed by atoms with van der Waals surface area (Å²) in [6, 6.07) is 8.88. The molecule has 2 aliphatic rings. The van der Waals surface area contributed by atoms with Crippen LogP contribution < -0.4 is 10.5 Å². The molecule has 2 aliphatic heterocycles. The number of carbonyl (C=O) groups is 1. The fraction of sp³-hybridized carbons (Fsp3) is 0.480. The van der Waals surface area contributed by atoms with E-state index in [2.05, 4.69) is 10.1 Å². The summed E-state index contributed by atoms with van der Waals surface area (Å²) in [6.07, 6.45) is -3.18. The fourth-order valence-electron chi connectivity index (χ4n) is 4.49. The summed E-state index contributed by atoms with van der Waals surface area (Å²) in [5.74, 6) is 0.871. The summed E-state index contributed by atoms with van der Waals surface area (Å²) >= 11 is 0.